The second kappa shape index (κ2) is 7.97. The summed E-state index contributed by atoms with van der Waals surface area (Å²) in [6.45, 7) is 21.2. The average molecular weight is 465 g/mol. The molecule has 0 saturated heterocycles. The van der Waals surface area contributed by atoms with Gasteiger partial charge in [-0.15, -0.1) is 0 Å². The van der Waals surface area contributed by atoms with Crippen molar-refractivity contribution in [2.75, 3.05) is 7.11 Å². The number of carbonyl (C=O) groups excluding carboxylic acids is 1. The molecule has 4 rings (SSSR count). The van der Waals surface area contributed by atoms with Gasteiger partial charge in [-0.05, 0) is 78.5 Å². The SMILES string of the molecule is C=C1CC[C@H]2C(C)(C)CCC[C@]2(C)[C@H]1CC(=O)C1(C)C=C([Si](C)(C)C)c2ccc(OC)cc21. The molecule has 2 nitrogen and oxygen atoms in total. The zero-order valence-electron chi connectivity index (χ0n) is 22.2. The Hall–Kier alpha value is -1.61. The fraction of sp³-hybridized carbons (Fsp3) is 0.633. The lowest BCUT2D eigenvalue weighted by Gasteiger charge is -2.58. The molecule has 2 fully saturated rings. The van der Waals surface area contributed by atoms with Crippen LogP contribution in [0.3, 0.4) is 0 Å². The maximum atomic E-state index is 14.3. The molecule has 3 aliphatic rings. The zero-order chi connectivity index (χ0) is 24.4. The third kappa shape index (κ3) is 3.89. The van der Waals surface area contributed by atoms with E-state index < -0.39 is 13.5 Å². The van der Waals surface area contributed by atoms with Gasteiger partial charge < -0.3 is 4.74 Å². The Bertz CT molecular complexity index is 1010. The minimum absolute atomic E-state index is 0.171. The molecule has 0 radical (unpaired) electrons. The van der Waals surface area contributed by atoms with Gasteiger partial charge in [0.2, 0.25) is 0 Å². The predicted molar refractivity (Wildman–Crippen MR) is 142 cm³/mol. The maximum absolute atomic E-state index is 14.3. The fourth-order valence-electron chi connectivity index (χ4n) is 7.66. The number of ketones is 1. The Labute approximate surface area is 202 Å². The molecule has 3 heteroatoms. The molecule has 3 aliphatic carbocycles. The van der Waals surface area contributed by atoms with Crippen molar-refractivity contribution in [2.24, 2.45) is 22.7 Å². The molecule has 0 spiro atoms. The summed E-state index contributed by atoms with van der Waals surface area (Å²) >= 11 is 0. The first-order valence-electron chi connectivity index (χ1n) is 12.9. The molecule has 4 atom stereocenters. The first-order valence-corrected chi connectivity index (χ1v) is 16.4. The van der Waals surface area contributed by atoms with E-state index in [9.17, 15) is 4.79 Å². The number of allylic oxidation sites excluding steroid dienone is 2. The predicted octanol–water partition coefficient (Wildman–Crippen LogP) is 7.99. The van der Waals surface area contributed by atoms with Crippen molar-refractivity contribution in [1.29, 1.82) is 0 Å². The molecule has 0 N–H and O–H groups in total. The normalized spacial score (nSPS) is 33.2. The van der Waals surface area contributed by atoms with Gasteiger partial charge >= 0.3 is 0 Å². The molecule has 0 aliphatic heterocycles. The maximum Gasteiger partial charge on any atom is 0.147 e. The molecule has 0 bridgehead atoms. The van der Waals surface area contributed by atoms with E-state index in [1.54, 1.807) is 7.11 Å². The van der Waals surface area contributed by atoms with Gasteiger partial charge in [-0.1, -0.05) is 76.3 Å². The van der Waals surface area contributed by atoms with E-state index in [-0.39, 0.29) is 11.3 Å². The molecular formula is C30H44O2Si. The minimum Gasteiger partial charge on any atom is -0.497 e. The number of methoxy groups -OCH3 is 1. The highest BCUT2D eigenvalue weighted by atomic mass is 28.3. The number of Topliss-reactive ketones (excluding diaryl/α,β-unsaturated/α-hetero) is 1. The summed E-state index contributed by atoms with van der Waals surface area (Å²) in [7, 11) is 0.0940. The molecular weight excluding hydrogens is 420 g/mol. The van der Waals surface area contributed by atoms with E-state index in [4.69, 9.17) is 4.74 Å². The number of rotatable bonds is 5. The fourth-order valence-corrected chi connectivity index (χ4v) is 9.41. The van der Waals surface area contributed by atoms with Crippen molar-refractivity contribution in [3.05, 3.63) is 47.6 Å². The molecule has 0 aromatic heterocycles. The van der Waals surface area contributed by atoms with Crippen LogP contribution in [0.4, 0.5) is 0 Å². The average Bonchev–Trinajstić information content (AvgIpc) is 3.03. The van der Waals surface area contributed by atoms with Gasteiger partial charge in [0.05, 0.1) is 20.6 Å². The van der Waals surface area contributed by atoms with E-state index in [0.717, 1.165) is 17.7 Å². The third-order valence-electron chi connectivity index (χ3n) is 9.61. The molecule has 1 aromatic rings. The quantitative estimate of drug-likeness (QED) is 0.326. The molecule has 1 aromatic carbocycles. The number of benzene rings is 1. The second-order valence-electron chi connectivity index (χ2n) is 13.2. The number of ether oxygens (including phenoxy) is 1. The van der Waals surface area contributed by atoms with Crippen LogP contribution < -0.4 is 4.74 Å². The van der Waals surface area contributed by atoms with Crippen molar-refractivity contribution in [2.45, 2.75) is 91.3 Å². The first-order chi connectivity index (χ1) is 15.2. The van der Waals surface area contributed by atoms with E-state index in [1.165, 1.54) is 42.0 Å². The van der Waals surface area contributed by atoms with Crippen LogP contribution in [0.1, 0.15) is 77.3 Å². The van der Waals surface area contributed by atoms with Crippen LogP contribution in [0.2, 0.25) is 19.6 Å². The van der Waals surface area contributed by atoms with Crippen LogP contribution in [-0.2, 0) is 10.2 Å². The number of fused-ring (bicyclic) bond motifs is 2. The van der Waals surface area contributed by atoms with Gasteiger partial charge in [0.15, 0.2) is 0 Å². The Morgan fingerprint density at radius 1 is 1.15 bits per heavy atom. The third-order valence-corrected chi connectivity index (χ3v) is 11.6. The Morgan fingerprint density at radius 2 is 1.85 bits per heavy atom. The number of hydrogen-bond donors (Lipinski definition) is 0. The standard InChI is InChI=1S/C30H44O2Si/c1-20-11-14-26-28(2,3)15-10-16-29(26,4)23(20)18-27(31)30(5)19-25(33(7,8)9)22-13-12-21(32-6)17-24(22)30/h12-13,17,19,23,26H,1,10-11,14-16,18H2,2-9H3/t23-,26-,29+,30?/m0/s1. The van der Waals surface area contributed by atoms with Crippen molar-refractivity contribution in [3.8, 4) is 5.75 Å². The van der Waals surface area contributed by atoms with Crippen LogP contribution in [0.15, 0.2) is 36.4 Å². The van der Waals surface area contributed by atoms with E-state index in [1.807, 2.05) is 6.07 Å². The summed E-state index contributed by atoms with van der Waals surface area (Å²) in [6.07, 6.45) is 8.99. The minimum atomic E-state index is -1.61. The number of carbonyl (C=O) groups is 1. The molecule has 0 heterocycles. The molecule has 180 valence electrons. The first kappa shape index (κ1) is 24.5. The van der Waals surface area contributed by atoms with Crippen LogP contribution >= 0.6 is 0 Å². The van der Waals surface area contributed by atoms with Gasteiger partial charge in [0, 0.05) is 6.42 Å². The lowest BCUT2D eigenvalue weighted by atomic mass is 9.47. The van der Waals surface area contributed by atoms with Gasteiger partial charge in [0.25, 0.3) is 0 Å². The van der Waals surface area contributed by atoms with E-state index >= 15 is 0 Å². The van der Waals surface area contributed by atoms with Crippen LogP contribution in [0.25, 0.3) is 5.20 Å². The lowest BCUT2D eigenvalue weighted by Crippen LogP contribution is -2.50. The Morgan fingerprint density at radius 3 is 2.48 bits per heavy atom. The summed E-state index contributed by atoms with van der Waals surface area (Å²) in [6, 6.07) is 6.33. The molecule has 0 amide bonds. The Balaban J connectivity index is 1.73. The second-order valence-corrected chi connectivity index (χ2v) is 18.2. The highest BCUT2D eigenvalue weighted by molar-refractivity contribution is 6.94. The summed E-state index contributed by atoms with van der Waals surface area (Å²) in [4.78, 5) is 14.3. The molecule has 2 saturated carbocycles. The zero-order valence-corrected chi connectivity index (χ0v) is 23.2. The highest BCUT2D eigenvalue weighted by Gasteiger charge is 2.54. The Kier molecular flexibility index (Phi) is 5.92. The van der Waals surface area contributed by atoms with E-state index in [0.29, 0.717) is 23.5 Å². The van der Waals surface area contributed by atoms with Crippen LogP contribution in [-0.4, -0.2) is 21.0 Å². The van der Waals surface area contributed by atoms with Crippen molar-refractivity contribution < 1.29 is 9.53 Å². The largest absolute Gasteiger partial charge is 0.497 e. The van der Waals surface area contributed by atoms with Crippen molar-refractivity contribution in [3.63, 3.8) is 0 Å². The highest BCUT2D eigenvalue weighted by Crippen LogP contribution is 2.62. The number of hydrogen-bond acceptors (Lipinski definition) is 2. The summed E-state index contributed by atoms with van der Waals surface area (Å²) in [5.41, 5.74) is 3.63. The van der Waals surface area contributed by atoms with Gasteiger partial charge in [-0.25, -0.2) is 0 Å². The van der Waals surface area contributed by atoms with Crippen molar-refractivity contribution >= 4 is 19.1 Å². The molecule has 33 heavy (non-hydrogen) atoms. The lowest BCUT2D eigenvalue weighted by molar-refractivity contribution is -0.126. The van der Waals surface area contributed by atoms with Gasteiger partial charge in [-0.3, -0.25) is 4.79 Å². The topological polar surface area (TPSA) is 26.3 Å². The van der Waals surface area contributed by atoms with Gasteiger partial charge in [0.1, 0.15) is 11.5 Å². The van der Waals surface area contributed by atoms with Crippen LogP contribution in [0.5, 0.6) is 5.75 Å². The van der Waals surface area contributed by atoms with Crippen LogP contribution in [0, 0.1) is 22.7 Å². The van der Waals surface area contributed by atoms with Crippen molar-refractivity contribution in [1.82, 2.24) is 0 Å². The van der Waals surface area contributed by atoms with Gasteiger partial charge in [-0.2, -0.15) is 0 Å². The van der Waals surface area contributed by atoms with E-state index in [2.05, 4.69) is 72.1 Å². The summed E-state index contributed by atoms with van der Waals surface area (Å²) in [5, 5.41) is 1.40. The summed E-state index contributed by atoms with van der Waals surface area (Å²) in [5.74, 6) is 2.13. The summed E-state index contributed by atoms with van der Waals surface area (Å²) < 4.78 is 5.57. The monoisotopic (exact) mass is 464 g/mol. The molecule has 1 unspecified atom stereocenters. The smallest absolute Gasteiger partial charge is 0.147 e.